The van der Waals surface area contributed by atoms with Gasteiger partial charge in [-0.05, 0) is 31.2 Å². The fraction of sp³-hybridized carbons (Fsp3) is 0.385. The van der Waals surface area contributed by atoms with Crippen LogP contribution < -0.4 is 5.73 Å². The van der Waals surface area contributed by atoms with E-state index in [0.29, 0.717) is 17.0 Å². The van der Waals surface area contributed by atoms with Crippen LogP contribution in [0.15, 0.2) is 24.3 Å². The Kier molecular flexibility index (Phi) is 4.04. The van der Waals surface area contributed by atoms with Crippen LogP contribution in [0.1, 0.15) is 34.1 Å². The van der Waals surface area contributed by atoms with Crippen LogP contribution >= 0.6 is 11.8 Å². The summed E-state index contributed by atoms with van der Waals surface area (Å²) in [6.07, 6.45) is 0.883. The number of hydrogen-bond donors (Lipinski definition) is 1. The van der Waals surface area contributed by atoms with Gasteiger partial charge in [0.1, 0.15) is 0 Å². The van der Waals surface area contributed by atoms with Gasteiger partial charge in [-0.1, -0.05) is 12.1 Å². The Labute approximate surface area is 111 Å². The quantitative estimate of drug-likeness (QED) is 0.649. The zero-order valence-corrected chi connectivity index (χ0v) is 11.1. The second kappa shape index (κ2) is 5.54. The summed E-state index contributed by atoms with van der Waals surface area (Å²) in [6.45, 7) is 1.95. The fourth-order valence-corrected chi connectivity index (χ4v) is 2.87. The van der Waals surface area contributed by atoms with Crippen LogP contribution in [0.5, 0.6) is 0 Å². The SMILES string of the molecule is CC(N)CCSCN1C(=O)c2ccccc2C1=O. The van der Waals surface area contributed by atoms with Crippen molar-refractivity contribution in [2.75, 3.05) is 11.6 Å². The molecule has 1 aliphatic heterocycles. The first-order valence-electron chi connectivity index (χ1n) is 5.90. The molecule has 1 heterocycles. The molecule has 1 unspecified atom stereocenters. The van der Waals surface area contributed by atoms with Crippen molar-refractivity contribution in [2.45, 2.75) is 19.4 Å². The maximum Gasteiger partial charge on any atom is 0.262 e. The summed E-state index contributed by atoms with van der Waals surface area (Å²) in [6, 6.07) is 7.09. The van der Waals surface area contributed by atoms with Gasteiger partial charge in [-0.15, -0.1) is 11.8 Å². The summed E-state index contributed by atoms with van der Waals surface area (Å²) < 4.78 is 0. The number of imide groups is 1. The van der Waals surface area contributed by atoms with Crippen molar-refractivity contribution in [3.05, 3.63) is 35.4 Å². The molecule has 18 heavy (non-hydrogen) atoms. The number of carbonyl (C=O) groups excluding carboxylic acids is 2. The molecule has 1 aromatic carbocycles. The van der Waals surface area contributed by atoms with Gasteiger partial charge in [0.15, 0.2) is 0 Å². The van der Waals surface area contributed by atoms with E-state index in [1.807, 2.05) is 6.92 Å². The maximum absolute atomic E-state index is 12.0. The average molecular weight is 264 g/mol. The third-order valence-corrected chi connectivity index (χ3v) is 3.78. The van der Waals surface area contributed by atoms with Crippen molar-refractivity contribution >= 4 is 23.6 Å². The molecule has 0 saturated carbocycles. The van der Waals surface area contributed by atoms with Crippen LogP contribution in [-0.4, -0.2) is 34.4 Å². The van der Waals surface area contributed by atoms with E-state index in [9.17, 15) is 9.59 Å². The summed E-state index contributed by atoms with van der Waals surface area (Å²) >= 11 is 1.56. The Balaban J connectivity index is 1.97. The normalized spacial score (nSPS) is 16.0. The van der Waals surface area contributed by atoms with Crippen LogP contribution in [0.2, 0.25) is 0 Å². The van der Waals surface area contributed by atoms with Gasteiger partial charge in [0.05, 0.1) is 17.0 Å². The molecular formula is C13H16N2O2S. The van der Waals surface area contributed by atoms with Crippen LogP contribution in [0.25, 0.3) is 0 Å². The highest BCUT2D eigenvalue weighted by molar-refractivity contribution is 7.99. The standard InChI is InChI=1S/C13H16N2O2S/c1-9(14)6-7-18-8-15-12(16)10-4-2-3-5-11(10)13(15)17/h2-5,9H,6-8,14H2,1H3. The van der Waals surface area contributed by atoms with Crippen molar-refractivity contribution in [1.29, 1.82) is 0 Å². The van der Waals surface area contributed by atoms with Gasteiger partial charge in [-0.3, -0.25) is 14.5 Å². The summed E-state index contributed by atoms with van der Waals surface area (Å²) in [5, 5.41) is 0. The lowest BCUT2D eigenvalue weighted by atomic mass is 10.1. The van der Waals surface area contributed by atoms with Crippen molar-refractivity contribution in [1.82, 2.24) is 4.90 Å². The molecule has 5 heteroatoms. The molecule has 0 radical (unpaired) electrons. The average Bonchev–Trinajstić information content (AvgIpc) is 2.59. The van der Waals surface area contributed by atoms with E-state index in [-0.39, 0.29) is 17.9 Å². The lowest BCUT2D eigenvalue weighted by molar-refractivity contribution is 0.0684. The summed E-state index contributed by atoms with van der Waals surface area (Å²) in [5.74, 6) is 0.872. The molecule has 1 aliphatic rings. The molecule has 0 fully saturated rings. The van der Waals surface area contributed by atoms with E-state index in [2.05, 4.69) is 0 Å². The van der Waals surface area contributed by atoms with Gasteiger partial charge >= 0.3 is 0 Å². The van der Waals surface area contributed by atoms with Crippen molar-refractivity contribution in [3.8, 4) is 0 Å². The molecule has 2 rings (SSSR count). The Morgan fingerprint density at radius 1 is 1.22 bits per heavy atom. The van der Waals surface area contributed by atoms with Crippen LogP contribution in [0, 0.1) is 0 Å². The Bertz CT molecular complexity index is 439. The zero-order chi connectivity index (χ0) is 13.1. The molecule has 0 spiro atoms. The minimum absolute atomic E-state index is 0.152. The molecule has 4 nitrogen and oxygen atoms in total. The van der Waals surface area contributed by atoms with E-state index in [1.165, 1.54) is 4.90 Å². The fourth-order valence-electron chi connectivity index (χ4n) is 1.78. The predicted octanol–water partition coefficient (Wildman–Crippen LogP) is 1.71. The van der Waals surface area contributed by atoms with Crippen LogP contribution in [-0.2, 0) is 0 Å². The molecule has 0 aromatic heterocycles. The Morgan fingerprint density at radius 3 is 2.28 bits per heavy atom. The molecular weight excluding hydrogens is 248 g/mol. The van der Waals surface area contributed by atoms with E-state index in [1.54, 1.807) is 36.0 Å². The zero-order valence-electron chi connectivity index (χ0n) is 10.3. The summed E-state index contributed by atoms with van der Waals surface area (Å²) in [4.78, 5) is 25.3. The number of amides is 2. The van der Waals surface area contributed by atoms with Gasteiger partial charge < -0.3 is 5.73 Å². The lowest BCUT2D eigenvalue weighted by Gasteiger charge is -2.13. The highest BCUT2D eigenvalue weighted by Crippen LogP contribution is 2.24. The highest BCUT2D eigenvalue weighted by Gasteiger charge is 2.34. The molecule has 2 N–H and O–H groups in total. The number of nitrogens with zero attached hydrogens (tertiary/aromatic N) is 1. The monoisotopic (exact) mass is 264 g/mol. The number of rotatable bonds is 5. The molecule has 96 valence electrons. The predicted molar refractivity (Wildman–Crippen MR) is 72.5 cm³/mol. The highest BCUT2D eigenvalue weighted by atomic mass is 32.2. The number of hydrogen-bond acceptors (Lipinski definition) is 4. The first-order valence-corrected chi connectivity index (χ1v) is 7.05. The number of nitrogens with two attached hydrogens (primary N) is 1. The molecule has 1 atom stereocenters. The summed E-state index contributed by atoms with van der Waals surface area (Å²) in [7, 11) is 0. The largest absolute Gasteiger partial charge is 0.328 e. The molecule has 0 saturated heterocycles. The van der Waals surface area contributed by atoms with E-state index < -0.39 is 0 Å². The van der Waals surface area contributed by atoms with Gasteiger partial charge in [0, 0.05) is 6.04 Å². The van der Waals surface area contributed by atoms with E-state index >= 15 is 0 Å². The third-order valence-electron chi connectivity index (χ3n) is 2.82. The van der Waals surface area contributed by atoms with Crippen molar-refractivity contribution < 1.29 is 9.59 Å². The minimum Gasteiger partial charge on any atom is -0.328 e. The van der Waals surface area contributed by atoms with E-state index in [0.717, 1.165) is 12.2 Å². The van der Waals surface area contributed by atoms with Gasteiger partial charge in [-0.25, -0.2) is 0 Å². The second-order valence-corrected chi connectivity index (χ2v) is 5.46. The second-order valence-electron chi connectivity index (χ2n) is 4.39. The first-order chi connectivity index (χ1) is 8.61. The first kappa shape index (κ1) is 13.1. The molecule has 0 aliphatic carbocycles. The maximum atomic E-state index is 12.0. The number of benzene rings is 1. The number of fused-ring (bicyclic) bond motifs is 1. The van der Waals surface area contributed by atoms with Crippen LogP contribution in [0.4, 0.5) is 0 Å². The number of carbonyl (C=O) groups is 2. The topological polar surface area (TPSA) is 63.4 Å². The Hall–Kier alpha value is -1.33. The third kappa shape index (κ3) is 2.57. The molecule has 2 amide bonds. The van der Waals surface area contributed by atoms with Gasteiger partial charge in [0.2, 0.25) is 0 Å². The smallest absolute Gasteiger partial charge is 0.262 e. The number of thioether (sulfide) groups is 1. The van der Waals surface area contributed by atoms with Gasteiger partial charge in [0.25, 0.3) is 11.8 Å². The van der Waals surface area contributed by atoms with Crippen LogP contribution in [0.3, 0.4) is 0 Å². The Morgan fingerprint density at radius 2 is 1.78 bits per heavy atom. The lowest BCUT2D eigenvalue weighted by Crippen LogP contribution is -2.29. The van der Waals surface area contributed by atoms with Crippen molar-refractivity contribution in [3.63, 3.8) is 0 Å². The van der Waals surface area contributed by atoms with Gasteiger partial charge in [-0.2, -0.15) is 0 Å². The minimum atomic E-state index is -0.191. The molecule has 1 aromatic rings. The summed E-state index contributed by atoms with van der Waals surface area (Å²) in [5.41, 5.74) is 6.67. The van der Waals surface area contributed by atoms with Crippen molar-refractivity contribution in [2.24, 2.45) is 5.73 Å². The van der Waals surface area contributed by atoms with E-state index in [4.69, 9.17) is 5.73 Å². The molecule has 0 bridgehead atoms.